The molecule has 1 atom stereocenters. The quantitative estimate of drug-likeness (QED) is 0.794. The molecule has 3 aliphatic heterocycles. The Morgan fingerprint density at radius 3 is 2.57 bits per heavy atom. The zero-order valence-corrected chi connectivity index (χ0v) is 17.5. The molecule has 0 bridgehead atoms. The fourth-order valence-electron chi connectivity index (χ4n) is 4.77. The Labute approximate surface area is 177 Å². The molecule has 0 radical (unpaired) electrons. The first-order chi connectivity index (χ1) is 14.5. The molecule has 1 aromatic carbocycles. The van der Waals surface area contributed by atoms with Crippen molar-refractivity contribution < 1.29 is 19.1 Å². The SMILES string of the molecule is O=C1CCC(C(=O)N2CCOC3(CCN(C(=O)CCCc4ccccc4)CC3)C2)N1. The van der Waals surface area contributed by atoms with Gasteiger partial charge in [-0.1, -0.05) is 30.3 Å². The van der Waals surface area contributed by atoms with Crippen LogP contribution in [0.1, 0.15) is 44.1 Å². The lowest BCUT2D eigenvalue weighted by atomic mass is 9.88. The summed E-state index contributed by atoms with van der Waals surface area (Å²) < 4.78 is 6.12. The molecular formula is C23H31N3O4. The molecule has 162 valence electrons. The highest BCUT2D eigenvalue weighted by atomic mass is 16.5. The van der Waals surface area contributed by atoms with Gasteiger partial charge in [0.25, 0.3) is 0 Å². The summed E-state index contributed by atoms with van der Waals surface area (Å²) in [5, 5.41) is 2.77. The summed E-state index contributed by atoms with van der Waals surface area (Å²) in [7, 11) is 0. The maximum atomic E-state index is 12.8. The minimum Gasteiger partial charge on any atom is -0.371 e. The third-order valence-corrected chi connectivity index (χ3v) is 6.58. The van der Waals surface area contributed by atoms with Gasteiger partial charge in [-0.3, -0.25) is 14.4 Å². The third-order valence-electron chi connectivity index (χ3n) is 6.58. The van der Waals surface area contributed by atoms with E-state index in [1.165, 1.54) is 5.56 Å². The van der Waals surface area contributed by atoms with Crippen molar-refractivity contribution in [3.8, 4) is 0 Å². The molecule has 3 saturated heterocycles. The second-order valence-corrected chi connectivity index (χ2v) is 8.67. The van der Waals surface area contributed by atoms with E-state index in [2.05, 4.69) is 17.4 Å². The van der Waals surface area contributed by atoms with Crippen LogP contribution in [0.5, 0.6) is 0 Å². The molecule has 1 aromatic rings. The van der Waals surface area contributed by atoms with E-state index in [9.17, 15) is 14.4 Å². The number of piperidine rings is 1. The molecular weight excluding hydrogens is 382 g/mol. The van der Waals surface area contributed by atoms with Crippen LogP contribution < -0.4 is 5.32 Å². The third kappa shape index (κ3) is 4.83. The van der Waals surface area contributed by atoms with E-state index in [4.69, 9.17) is 4.74 Å². The summed E-state index contributed by atoms with van der Waals surface area (Å²) in [6.07, 6.45) is 4.84. The van der Waals surface area contributed by atoms with E-state index in [0.717, 1.165) is 25.7 Å². The van der Waals surface area contributed by atoms with Crippen LogP contribution in [-0.2, 0) is 25.5 Å². The second kappa shape index (κ2) is 9.16. The number of ether oxygens (including phenoxy) is 1. The predicted octanol–water partition coefficient (Wildman–Crippen LogP) is 1.51. The van der Waals surface area contributed by atoms with Crippen molar-refractivity contribution in [2.24, 2.45) is 0 Å². The van der Waals surface area contributed by atoms with E-state index in [-0.39, 0.29) is 29.4 Å². The Balaban J connectivity index is 1.24. The van der Waals surface area contributed by atoms with Crippen molar-refractivity contribution in [1.82, 2.24) is 15.1 Å². The molecule has 1 unspecified atom stereocenters. The number of rotatable bonds is 5. The van der Waals surface area contributed by atoms with Gasteiger partial charge in [0, 0.05) is 39.0 Å². The lowest BCUT2D eigenvalue weighted by molar-refractivity contribution is -0.164. The van der Waals surface area contributed by atoms with Crippen LogP contribution in [0.2, 0.25) is 0 Å². The highest BCUT2D eigenvalue weighted by Gasteiger charge is 2.43. The van der Waals surface area contributed by atoms with Crippen LogP contribution in [0, 0.1) is 0 Å². The maximum absolute atomic E-state index is 12.8. The van der Waals surface area contributed by atoms with Gasteiger partial charge in [0.2, 0.25) is 17.7 Å². The van der Waals surface area contributed by atoms with Gasteiger partial charge in [-0.05, 0) is 37.7 Å². The van der Waals surface area contributed by atoms with Crippen LogP contribution in [0.15, 0.2) is 30.3 Å². The molecule has 1 N–H and O–H groups in total. The Morgan fingerprint density at radius 1 is 1.10 bits per heavy atom. The van der Waals surface area contributed by atoms with Crippen molar-refractivity contribution in [1.29, 1.82) is 0 Å². The largest absolute Gasteiger partial charge is 0.371 e. The first kappa shape index (κ1) is 20.8. The van der Waals surface area contributed by atoms with Gasteiger partial charge in [0.05, 0.1) is 12.2 Å². The molecule has 0 aliphatic carbocycles. The normalized spacial score (nSPS) is 23.5. The molecule has 3 aliphatic rings. The van der Waals surface area contributed by atoms with Crippen molar-refractivity contribution in [2.45, 2.75) is 56.6 Å². The fourth-order valence-corrected chi connectivity index (χ4v) is 4.77. The molecule has 0 saturated carbocycles. The Hall–Kier alpha value is -2.41. The first-order valence-electron chi connectivity index (χ1n) is 11.1. The second-order valence-electron chi connectivity index (χ2n) is 8.67. The van der Waals surface area contributed by atoms with Crippen molar-refractivity contribution in [2.75, 3.05) is 32.8 Å². The molecule has 1 spiro atoms. The fraction of sp³-hybridized carbons (Fsp3) is 0.609. The highest BCUT2D eigenvalue weighted by molar-refractivity contribution is 5.90. The van der Waals surface area contributed by atoms with Gasteiger partial charge in [-0.15, -0.1) is 0 Å². The summed E-state index contributed by atoms with van der Waals surface area (Å²) in [6, 6.07) is 9.86. The van der Waals surface area contributed by atoms with Crippen molar-refractivity contribution in [3.05, 3.63) is 35.9 Å². The number of benzene rings is 1. The van der Waals surface area contributed by atoms with Crippen LogP contribution in [0.4, 0.5) is 0 Å². The zero-order chi connectivity index (χ0) is 21.0. The number of amides is 3. The zero-order valence-electron chi connectivity index (χ0n) is 17.5. The molecule has 4 rings (SSSR count). The van der Waals surface area contributed by atoms with Crippen LogP contribution in [0.3, 0.4) is 0 Å². The van der Waals surface area contributed by atoms with E-state index >= 15 is 0 Å². The summed E-state index contributed by atoms with van der Waals surface area (Å²) >= 11 is 0. The van der Waals surface area contributed by atoms with E-state index in [1.54, 1.807) is 0 Å². The lowest BCUT2D eigenvalue weighted by Crippen LogP contribution is -2.60. The number of likely N-dealkylation sites (tertiary alicyclic amines) is 1. The number of aryl methyl sites for hydroxylation is 1. The molecule has 3 amide bonds. The topological polar surface area (TPSA) is 79.0 Å². The Kier molecular flexibility index (Phi) is 6.37. The first-order valence-corrected chi connectivity index (χ1v) is 11.1. The van der Waals surface area contributed by atoms with Crippen molar-refractivity contribution in [3.63, 3.8) is 0 Å². The number of nitrogens with zero attached hydrogens (tertiary/aromatic N) is 2. The Morgan fingerprint density at radius 2 is 1.87 bits per heavy atom. The van der Waals surface area contributed by atoms with Gasteiger partial charge < -0.3 is 19.9 Å². The summed E-state index contributed by atoms with van der Waals surface area (Å²) in [4.78, 5) is 40.6. The molecule has 7 heteroatoms. The standard InChI is InChI=1S/C23H31N3O4/c27-20-10-9-19(24-20)22(29)26-15-16-30-23(17-26)11-13-25(14-12-23)21(28)8-4-7-18-5-2-1-3-6-18/h1-3,5-6,19H,4,7-17H2,(H,24,27). The van der Waals surface area contributed by atoms with Crippen molar-refractivity contribution >= 4 is 17.7 Å². The molecule has 30 heavy (non-hydrogen) atoms. The van der Waals surface area contributed by atoms with Gasteiger partial charge in [-0.2, -0.15) is 0 Å². The highest BCUT2D eigenvalue weighted by Crippen LogP contribution is 2.31. The van der Waals surface area contributed by atoms with Gasteiger partial charge >= 0.3 is 0 Å². The maximum Gasteiger partial charge on any atom is 0.245 e. The molecule has 0 aromatic heterocycles. The van der Waals surface area contributed by atoms with Crippen LogP contribution in [0.25, 0.3) is 0 Å². The average molecular weight is 414 g/mol. The number of nitrogens with one attached hydrogen (secondary N) is 1. The monoisotopic (exact) mass is 413 g/mol. The Bertz CT molecular complexity index is 774. The summed E-state index contributed by atoms with van der Waals surface area (Å²) in [5.74, 6) is 0.163. The number of hydrogen-bond acceptors (Lipinski definition) is 4. The van der Waals surface area contributed by atoms with Gasteiger partial charge in [0.1, 0.15) is 6.04 Å². The molecule has 3 fully saturated rings. The minimum atomic E-state index is -0.390. The summed E-state index contributed by atoms with van der Waals surface area (Å²) in [6.45, 7) is 2.97. The molecule has 7 nitrogen and oxygen atoms in total. The number of hydrogen-bond donors (Lipinski definition) is 1. The lowest BCUT2D eigenvalue weighted by Gasteiger charge is -2.47. The van der Waals surface area contributed by atoms with Crippen LogP contribution in [-0.4, -0.2) is 72.0 Å². The smallest absolute Gasteiger partial charge is 0.245 e. The van der Waals surface area contributed by atoms with Gasteiger partial charge in [0.15, 0.2) is 0 Å². The number of carbonyl (C=O) groups excluding carboxylic acids is 3. The minimum absolute atomic E-state index is 0.00272. The number of carbonyl (C=O) groups is 3. The van der Waals surface area contributed by atoms with E-state index < -0.39 is 0 Å². The van der Waals surface area contributed by atoms with E-state index in [0.29, 0.717) is 52.0 Å². The predicted molar refractivity (Wildman–Crippen MR) is 112 cm³/mol. The average Bonchev–Trinajstić information content (AvgIpc) is 3.21. The van der Waals surface area contributed by atoms with Gasteiger partial charge in [-0.25, -0.2) is 0 Å². The van der Waals surface area contributed by atoms with E-state index in [1.807, 2.05) is 28.0 Å². The summed E-state index contributed by atoms with van der Waals surface area (Å²) in [5.41, 5.74) is 0.902. The number of morpholine rings is 1. The van der Waals surface area contributed by atoms with Crippen LogP contribution >= 0.6 is 0 Å². The molecule has 3 heterocycles.